The van der Waals surface area contributed by atoms with Gasteiger partial charge in [0.05, 0.1) is 52.7 Å². The van der Waals surface area contributed by atoms with Gasteiger partial charge in [-0.15, -0.1) is 0 Å². The van der Waals surface area contributed by atoms with Gasteiger partial charge >= 0.3 is 0 Å². The molecule has 1 saturated carbocycles. The summed E-state index contributed by atoms with van der Waals surface area (Å²) in [5.41, 5.74) is 2.45. The van der Waals surface area contributed by atoms with E-state index in [0.29, 0.717) is 43.9 Å². The van der Waals surface area contributed by atoms with Gasteiger partial charge in [-0.25, -0.2) is 0 Å². The third-order valence-electron chi connectivity index (χ3n) is 6.15. The molecule has 4 rings (SSSR count). The van der Waals surface area contributed by atoms with Crippen molar-refractivity contribution in [2.75, 3.05) is 28.4 Å². The van der Waals surface area contributed by atoms with E-state index >= 15 is 0 Å². The maximum Gasteiger partial charge on any atom is 0.205 e. The topological polar surface area (TPSA) is 132 Å². The molecular weight excluding hydrogens is 432 g/mol. The Morgan fingerprint density at radius 3 is 1.12 bits per heavy atom. The first-order valence-electron chi connectivity index (χ1n) is 9.90. The molecule has 2 aromatic carbocycles. The molecule has 0 heterocycles. The maximum absolute atomic E-state index is 10.2. The fourth-order valence-corrected chi connectivity index (χ4v) is 4.48. The van der Waals surface area contributed by atoms with E-state index in [1.165, 1.54) is 28.4 Å². The Kier molecular flexibility index (Phi) is 5.07. The molecule has 1 fully saturated rings. The third kappa shape index (κ3) is 2.50. The van der Waals surface area contributed by atoms with Crippen molar-refractivity contribution in [1.82, 2.24) is 0 Å². The number of fused-ring (bicyclic) bond motifs is 3. The SMILES string of the molecule is COc1cc2/c(cc1OC)=C1\C(=c3\cc(OC)c(OC)cc3=C=C=2)C(C#N)(C#N)C1(C#N)C#N. The van der Waals surface area contributed by atoms with Gasteiger partial charge in [-0.3, -0.25) is 0 Å². The predicted molar refractivity (Wildman–Crippen MR) is 119 cm³/mol. The minimum Gasteiger partial charge on any atom is -0.493 e. The fourth-order valence-electron chi connectivity index (χ4n) is 4.48. The van der Waals surface area contributed by atoms with Crippen molar-refractivity contribution in [1.29, 1.82) is 21.0 Å². The lowest BCUT2D eigenvalue weighted by atomic mass is 9.45. The fraction of sp³-hybridized carbons (Fsp3) is 0.231. The number of hydrogen-bond acceptors (Lipinski definition) is 8. The Balaban J connectivity index is 2.46. The van der Waals surface area contributed by atoms with E-state index in [4.69, 9.17) is 18.9 Å². The summed E-state index contributed by atoms with van der Waals surface area (Å²) in [7, 11) is 5.87. The molecule has 0 bridgehead atoms. The van der Waals surface area contributed by atoms with E-state index < -0.39 is 10.8 Å². The minimum atomic E-state index is -2.07. The van der Waals surface area contributed by atoms with Crippen LogP contribution >= 0.6 is 0 Å². The zero-order chi connectivity index (χ0) is 24.7. The number of benzene rings is 2. The second-order valence-electron chi connectivity index (χ2n) is 7.45. The van der Waals surface area contributed by atoms with Gasteiger partial charge in [0.25, 0.3) is 0 Å². The van der Waals surface area contributed by atoms with Crippen LogP contribution in [0.2, 0.25) is 0 Å². The van der Waals surface area contributed by atoms with Crippen molar-refractivity contribution in [3.63, 3.8) is 0 Å². The van der Waals surface area contributed by atoms with Gasteiger partial charge in [0, 0.05) is 44.2 Å². The molecule has 8 nitrogen and oxygen atoms in total. The molecule has 0 aromatic heterocycles. The van der Waals surface area contributed by atoms with Crippen LogP contribution in [0.15, 0.2) is 24.3 Å². The summed E-state index contributed by atoms with van der Waals surface area (Å²) in [4.78, 5) is 0. The Labute approximate surface area is 194 Å². The molecule has 2 aliphatic carbocycles. The lowest BCUT2D eigenvalue weighted by Gasteiger charge is -2.46. The molecule has 0 N–H and O–H groups in total. The first kappa shape index (κ1) is 22.1. The maximum atomic E-state index is 10.2. The zero-order valence-corrected chi connectivity index (χ0v) is 18.7. The second kappa shape index (κ2) is 7.79. The highest BCUT2D eigenvalue weighted by Gasteiger charge is 2.70. The van der Waals surface area contributed by atoms with Crippen LogP contribution in [0.25, 0.3) is 22.6 Å². The van der Waals surface area contributed by atoms with Gasteiger partial charge in [0.15, 0.2) is 23.0 Å². The average molecular weight is 448 g/mol. The molecule has 0 aliphatic heterocycles. The summed E-state index contributed by atoms with van der Waals surface area (Å²) >= 11 is 0. The lowest BCUT2D eigenvalue weighted by molar-refractivity contribution is 0.353. The number of methoxy groups -OCH3 is 4. The Morgan fingerprint density at radius 1 is 0.559 bits per heavy atom. The van der Waals surface area contributed by atoms with Gasteiger partial charge in [0.2, 0.25) is 10.8 Å². The molecule has 34 heavy (non-hydrogen) atoms. The first-order valence-corrected chi connectivity index (χ1v) is 9.90. The summed E-state index contributed by atoms with van der Waals surface area (Å²) in [5.74, 6) is 1.49. The number of nitriles is 4. The molecule has 0 spiro atoms. The van der Waals surface area contributed by atoms with Crippen LogP contribution in [-0.2, 0) is 0 Å². The molecule has 0 saturated heterocycles. The monoisotopic (exact) mass is 448 g/mol. The molecule has 2 aliphatic rings. The highest BCUT2D eigenvalue weighted by atomic mass is 16.5. The number of hydrogen-bond donors (Lipinski definition) is 0. The van der Waals surface area contributed by atoms with Crippen LogP contribution < -0.4 is 39.8 Å². The van der Waals surface area contributed by atoms with Gasteiger partial charge in [0.1, 0.15) is 0 Å². The van der Waals surface area contributed by atoms with Crippen molar-refractivity contribution in [2.24, 2.45) is 10.8 Å². The Morgan fingerprint density at radius 2 is 0.853 bits per heavy atom. The van der Waals surface area contributed by atoms with E-state index in [-0.39, 0.29) is 11.1 Å². The highest BCUT2D eigenvalue weighted by molar-refractivity contribution is 6.10. The predicted octanol–water partition coefficient (Wildman–Crippen LogP) is 0.132. The summed E-state index contributed by atoms with van der Waals surface area (Å²) in [6, 6.07) is 14.3. The van der Waals surface area contributed by atoms with Gasteiger partial charge in [-0.2, -0.15) is 21.0 Å². The zero-order valence-electron chi connectivity index (χ0n) is 18.7. The van der Waals surface area contributed by atoms with Gasteiger partial charge in [-0.1, -0.05) is 11.5 Å². The van der Waals surface area contributed by atoms with Crippen LogP contribution in [0.5, 0.6) is 23.0 Å². The average Bonchev–Trinajstić information content (AvgIpc) is 2.87. The van der Waals surface area contributed by atoms with E-state index in [1.807, 2.05) is 24.3 Å². The lowest BCUT2D eigenvalue weighted by Crippen LogP contribution is -2.58. The van der Waals surface area contributed by atoms with Crippen molar-refractivity contribution >= 4 is 22.6 Å². The molecule has 0 radical (unpaired) electrons. The molecule has 2 aromatic rings. The van der Waals surface area contributed by atoms with E-state index in [2.05, 4.69) is 11.5 Å². The van der Waals surface area contributed by atoms with Crippen LogP contribution in [0, 0.1) is 56.2 Å². The molecular formula is C26H16N4O4. The van der Waals surface area contributed by atoms with Crippen LogP contribution in [-0.4, -0.2) is 28.4 Å². The second-order valence-corrected chi connectivity index (χ2v) is 7.45. The van der Waals surface area contributed by atoms with Crippen LogP contribution in [0.3, 0.4) is 0 Å². The molecule has 164 valence electrons. The van der Waals surface area contributed by atoms with Crippen molar-refractivity contribution in [2.45, 2.75) is 0 Å². The summed E-state index contributed by atoms with van der Waals surface area (Å²) < 4.78 is 21.7. The summed E-state index contributed by atoms with van der Waals surface area (Å²) in [5, 5.41) is 42.4. The third-order valence-corrected chi connectivity index (χ3v) is 6.15. The van der Waals surface area contributed by atoms with Crippen molar-refractivity contribution in [3.05, 3.63) is 45.1 Å². The number of nitrogens with zero attached hydrogens (tertiary/aromatic N) is 4. The standard InChI is InChI=1S/C26H16N4O4/c1-31-19-7-15-5-6-16-8-20(32-2)22(34-4)10-18(16)24-23(17(15)9-21(19)33-3)25(11-27,12-28)26(24,13-29)14-30/h7-10H,1-4H3/b23-17+,24-18+. The molecule has 0 unspecified atom stereocenters. The van der Waals surface area contributed by atoms with Crippen molar-refractivity contribution in [3.8, 4) is 47.3 Å². The Hall–Kier alpha value is -5.10. The first-order chi connectivity index (χ1) is 16.4. The van der Waals surface area contributed by atoms with Gasteiger partial charge in [-0.05, 0) is 12.1 Å². The van der Waals surface area contributed by atoms with Crippen LogP contribution in [0.4, 0.5) is 0 Å². The highest BCUT2D eigenvalue weighted by Crippen LogP contribution is 2.64. The number of ether oxygens (including phenoxy) is 4. The normalized spacial score (nSPS) is 18.5. The minimum absolute atomic E-state index is 0.221. The van der Waals surface area contributed by atoms with E-state index in [1.54, 1.807) is 24.3 Å². The van der Waals surface area contributed by atoms with E-state index in [0.717, 1.165) is 0 Å². The largest absolute Gasteiger partial charge is 0.493 e. The van der Waals surface area contributed by atoms with E-state index in [9.17, 15) is 21.0 Å². The molecule has 0 atom stereocenters. The van der Waals surface area contributed by atoms with Gasteiger partial charge < -0.3 is 18.9 Å². The van der Waals surface area contributed by atoms with Crippen molar-refractivity contribution < 1.29 is 18.9 Å². The summed E-state index contributed by atoms with van der Waals surface area (Å²) in [6.07, 6.45) is 0. The summed E-state index contributed by atoms with van der Waals surface area (Å²) in [6.45, 7) is 0. The quantitative estimate of drug-likeness (QED) is 0.645. The molecule has 8 heteroatoms. The van der Waals surface area contributed by atoms with Crippen LogP contribution in [0.1, 0.15) is 0 Å². The Bertz CT molecular complexity index is 1580. The number of rotatable bonds is 4. The smallest absolute Gasteiger partial charge is 0.205 e. The molecule has 0 amide bonds.